The molecule has 2 bridgehead atoms. The lowest BCUT2D eigenvalue weighted by Crippen LogP contribution is -2.46. The fourth-order valence-electron chi connectivity index (χ4n) is 5.41. The number of carbonyl (C=O) groups is 1. The molecule has 2 unspecified atom stereocenters. The number of hydrogen-bond donors (Lipinski definition) is 1. The summed E-state index contributed by atoms with van der Waals surface area (Å²) in [5.41, 5.74) is 8.60. The average molecular weight is 462 g/mol. The van der Waals surface area contributed by atoms with Crippen molar-refractivity contribution >= 4 is 29.1 Å². The van der Waals surface area contributed by atoms with Crippen molar-refractivity contribution in [2.75, 3.05) is 13.1 Å². The number of primary amides is 1. The van der Waals surface area contributed by atoms with E-state index in [1.807, 2.05) is 12.1 Å². The number of fused-ring (bicyclic) bond motifs is 2. The first-order valence-electron chi connectivity index (χ1n) is 10.9. The highest BCUT2D eigenvalue weighted by Crippen LogP contribution is 2.44. The highest BCUT2D eigenvalue weighted by molar-refractivity contribution is 6.34. The summed E-state index contributed by atoms with van der Waals surface area (Å²) in [7, 11) is 0. The van der Waals surface area contributed by atoms with Gasteiger partial charge in [-0.05, 0) is 79.1 Å². The molecule has 7 heteroatoms. The van der Waals surface area contributed by atoms with Crippen LogP contribution in [0.4, 0.5) is 4.39 Å². The van der Waals surface area contributed by atoms with E-state index >= 15 is 0 Å². The van der Waals surface area contributed by atoms with Gasteiger partial charge in [0, 0.05) is 47.8 Å². The Labute approximate surface area is 192 Å². The van der Waals surface area contributed by atoms with Crippen molar-refractivity contribution in [1.29, 1.82) is 0 Å². The lowest BCUT2D eigenvalue weighted by Gasteiger charge is -2.38. The Morgan fingerprint density at radius 2 is 1.84 bits per heavy atom. The molecule has 0 radical (unpaired) electrons. The number of piperazine rings is 1. The molecular weight excluding hydrogens is 436 g/mol. The van der Waals surface area contributed by atoms with E-state index in [2.05, 4.69) is 16.7 Å². The quantitative estimate of drug-likeness (QED) is 0.648. The van der Waals surface area contributed by atoms with E-state index in [0.29, 0.717) is 34.6 Å². The molecule has 0 aromatic heterocycles. The predicted octanol–water partition coefficient (Wildman–Crippen LogP) is 5.13. The summed E-state index contributed by atoms with van der Waals surface area (Å²) < 4.78 is 14.5. The summed E-state index contributed by atoms with van der Waals surface area (Å²) in [4.78, 5) is 16.6. The zero-order chi connectivity index (χ0) is 21.9. The van der Waals surface area contributed by atoms with Gasteiger partial charge in [-0.3, -0.25) is 14.6 Å². The largest absolute Gasteiger partial charge is 0.366 e. The molecule has 2 aliphatic heterocycles. The highest BCUT2D eigenvalue weighted by Gasteiger charge is 2.45. The molecule has 1 aliphatic carbocycles. The second-order valence-corrected chi connectivity index (χ2v) is 10.1. The van der Waals surface area contributed by atoms with Gasteiger partial charge in [-0.1, -0.05) is 23.2 Å². The molecule has 2 saturated heterocycles. The standard InChI is InChI=1S/C24H26Cl2FN3O/c1-13(15-4-17(25)7-18(26)5-15)30-12-19-8-20(30)11-29(19)10-16-6-23(27)22(24(28)31)9-21(16)14-2-3-14/h4-7,9,13-14,19-20H,2-3,8,10-12H2,1H3,(H2,28,31)/t13?,19-,20?/m0/s1. The molecule has 2 aromatic rings. The second kappa shape index (κ2) is 8.04. The van der Waals surface area contributed by atoms with Crippen LogP contribution in [0.1, 0.15) is 65.2 Å². The molecular formula is C24H26Cl2FN3O. The molecule has 0 spiro atoms. The number of nitrogens with two attached hydrogens (primary N) is 1. The summed E-state index contributed by atoms with van der Waals surface area (Å²) in [6.07, 6.45) is 3.30. The molecule has 164 valence electrons. The zero-order valence-electron chi connectivity index (χ0n) is 17.5. The van der Waals surface area contributed by atoms with Gasteiger partial charge in [0.25, 0.3) is 5.91 Å². The van der Waals surface area contributed by atoms with Crippen molar-refractivity contribution in [1.82, 2.24) is 9.80 Å². The summed E-state index contributed by atoms with van der Waals surface area (Å²) in [5, 5.41) is 1.32. The average Bonchev–Trinajstić information content (AvgIpc) is 3.36. The van der Waals surface area contributed by atoms with Crippen LogP contribution >= 0.6 is 23.2 Å². The van der Waals surface area contributed by atoms with E-state index in [-0.39, 0.29) is 11.6 Å². The van der Waals surface area contributed by atoms with Crippen LogP contribution in [0.3, 0.4) is 0 Å². The number of hydrogen-bond acceptors (Lipinski definition) is 3. The van der Waals surface area contributed by atoms with Gasteiger partial charge in [0.05, 0.1) is 5.56 Å². The third-order valence-corrected chi connectivity index (χ3v) is 7.58. The molecule has 2 heterocycles. The minimum atomic E-state index is -0.697. The fourth-order valence-corrected chi connectivity index (χ4v) is 5.95. The Balaban J connectivity index is 1.31. The van der Waals surface area contributed by atoms with Crippen molar-refractivity contribution in [3.8, 4) is 0 Å². The van der Waals surface area contributed by atoms with Gasteiger partial charge in [-0.2, -0.15) is 0 Å². The maximum absolute atomic E-state index is 14.5. The van der Waals surface area contributed by atoms with Gasteiger partial charge < -0.3 is 5.73 Å². The molecule has 2 aromatic carbocycles. The molecule has 4 nitrogen and oxygen atoms in total. The number of benzene rings is 2. The summed E-state index contributed by atoms with van der Waals surface area (Å²) >= 11 is 12.4. The minimum absolute atomic E-state index is 0.00813. The molecule has 1 saturated carbocycles. The van der Waals surface area contributed by atoms with E-state index in [1.165, 1.54) is 6.07 Å². The number of amides is 1. The van der Waals surface area contributed by atoms with Crippen LogP contribution in [0.15, 0.2) is 30.3 Å². The van der Waals surface area contributed by atoms with Crippen LogP contribution in [0.25, 0.3) is 0 Å². The van der Waals surface area contributed by atoms with E-state index in [1.54, 1.807) is 12.1 Å². The van der Waals surface area contributed by atoms with E-state index in [0.717, 1.165) is 49.0 Å². The van der Waals surface area contributed by atoms with Gasteiger partial charge in [-0.25, -0.2) is 4.39 Å². The SMILES string of the molecule is CC(c1cc(Cl)cc(Cl)c1)N1C[C@@H]2CC1CN2Cc1cc(F)c(C(N)=O)cc1C1CC1. The summed E-state index contributed by atoms with van der Waals surface area (Å²) in [6, 6.07) is 10.1. The third kappa shape index (κ3) is 4.09. The van der Waals surface area contributed by atoms with Crippen molar-refractivity contribution in [2.45, 2.75) is 56.8 Å². The van der Waals surface area contributed by atoms with Crippen LogP contribution in [0, 0.1) is 5.82 Å². The Morgan fingerprint density at radius 3 is 2.42 bits per heavy atom. The van der Waals surface area contributed by atoms with Crippen molar-refractivity contribution in [3.63, 3.8) is 0 Å². The molecule has 1 amide bonds. The van der Waals surface area contributed by atoms with E-state index in [9.17, 15) is 9.18 Å². The lowest BCUT2D eigenvalue weighted by atomic mass is 9.98. The zero-order valence-corrected chi connectivity index (χ0v) is 19.0. The number of rotatable bonds is 6. The predicted molar refractivity (Wildman–Crippen MR) is 121 cm³/mol. The molecule has 3 atom stereocenters. The molecule has 5 rings (SSSR count). The van der Waals surface area contributed by atoms with E-state index in [4.69, 9.17) is 28.9 Å². The highest BCUT2D eigenvalue weighted by atomic mass is 35.5. The number of carbonyl (C=O) groups excluding carboxylic acids is 1. The van der Waals surface area contributed by atoms with Crippen molar-refractivity contribution < 1.29 is 9.18 Å². The number of likely N-dealkylation sites (tertiary alicyclic amines) is 2. The topological polar surface area (TPSA) is 49.6 Å². The lowest BCUT2D eigenvalue weighted by molar-refractivity contribution is 0.0935. The van der Waals surface area contributed by atoms with Crippen LogP contribution in [0.5, 0.6) is 0 Å². The first kappa shape index (κ1) is 21.2. The number of halogens is 3. The third-order valence-electron chi connectivity index (χ3n) is 7.15. The molecule has 3 fully saturated rings. The summed E-state index contributed by atoms with van der Waals surface area (Å²) in [6.45, 7) is 4.84. The number of nitrogens with zero attached hydrogens (tertiary/aromatic N) is 2. The Morgan fingerprint density at radius 1 is 1.13 bits per heavy atom. The molecule has 2 N–H and O–H groups in total. The van der Waals surface area contributed by atoms with Crippen LogP contribution in [-0.2, 0) is 6.54 Å². The monoisotopic (exact) mass is 461 g/mol. The van der Waals surface area contributed by atoms with Crippen molar-refractivity contribution in [3.05, 3.63) is 68.4 Å². The molecule has 31 heavy (non-hydrogen) atoms. The maximum Gasteiger partial charge on any atom is 0.251 e. The van der Waals surface area contributed by atoms with Gasteiger partial charge in [0.15, 0.2) is 0 Å². The first-order valence-corrected chi connectivity index (χ1v) is 11.6. The second-order valence-electron chi connectivity index (χ2n) is 9.22. The Hall–Kier alpha value is -1.66. The first-order chi connectivity index (χ1) is 14.8. The van der Waals surface area contributed by atoms with Gasteiger partial charge >= 0.3 is 0 Å². The normalized spacial score (nSPS) is 24.6. The minimum Gasteiger partial charge on any atom is -0.366 e. The van der Waals surface area contributed by atoms with Gasteiger partial charge in [0.2, 0.25) is 0 Å². The van der Waals surface area contributed by atoms with Gasteiger partial charge in [-0.15, -0.1) is 0 Å². The smallest absolute Gasteiger partial charge is 0.251 e. The van der Waals surface area contributed by atoms with E-state index < -0.39 is 11.7 Å². The fraction of sp³-hybridized carbons (Fsp3) is 0.458. The van der Waals surface area contributed by atoms with Crippen molar-refractivity contribution in [2.24, 2.45) is 5.73 Å². The van der Waals surface area contributed by atoms with Crippen LogP contribution in [-0.4, -0.2) is 40.9 Å². The van der Waals surface area contributed by atoms with Gasteiger partial charge in [0.1, 0.15) is 5.82 Å². The molecule has 3 aliphatic rings. The van der Waals surface area contributed by atoms with Crippen LogP contribution in [0.2, 0.25) is 10.0 Å². The van der Waals surface area contributed by atoms with Crippen LogP contribution < -0.4 is 5.73 Å². The summed E-state index contributed by atoms with van der Waals surface area (Å²) in [5.74, 6) is -0.779. The maximum atomic E-state index is 14.5. The Bertz CT molecular complexity index is 1020. The Kier molecular flexibility index (Phi) is 5.50.